The summed E-state index contributed by atoms with van der Waals surface area (Å²) in [6.45, 7) is 3.50. The molecule has 0 saturated heterocycles. The van der Waals surface area contributed by atoms with Gasteiger partial charge in [0.1, 0.15) is 0 Å². The Balaban J connectivity index is 1.44. The molecule has 4 aromatic rings. The first-order valence-electron chi connectivity index (χ1n) is 10.6. The predicted octanol–water partition coefficient (Wildman–Crippen LogP) is 4.37. The van der Waals surface area contributed by atoms with E-state index in [9.17, 15) is 4.79 Å². The van der Waals surface area contributed by atoms with Gasteiger partial charge in [-0.05, 0) is 34.9 Å². The van der Waals surface area contributed by atoms with Crippen molar-refractivity contribution in [2.45, 2.75) is 26.1 Å². The maximum absolute atomic E-state index is 11.7. The number of fused-ring (bicyclic) bond motifs is 3. The normalized spacial score (nSPS) is 13.8. The van der Waals surface area contributed by atoms with Crippen LogP contribution >= 0.6 is 0 Å². The molecule has 5 heteroatoms. The Morgan fingerprint density at radius 3 is 2.52 bits per heavy atom. The van der Waals surface area contributed by atoms with Crippen molar-refractivity contribution in [1.29, 1.82) is 0 Å². The number of amides is 1. The molecule has 0 saturated carbocycles. The van der Waals surface area contributed by atoms with Gasteiger partial charge in [-0.25, -0.2) is 5.48 Å². The molecule has 2 N–H and O–H groups in total. The quantitative estimate of drug-likeness (QED) is 0.379. The van der Waals surface area contributed by atoms with Gasteiger partial charge in [0.2, 0.25) is 0 Å². The zero-order chi connectivity index (χ0) is 21.2. The smallest absolute Gasteiger partial charge is 0.274 e. The lowest BCUT2D eigenvalue weighted by atomic mass is 10.0. The zero-order valence-electron chi connectivity index (χ0n) is 17.3. The SMILES string of the molecule is O=C(NO)c1cccc(CN2CCc3c(c4ccccc4n3Cc3ccccc3)C2)c1. The van der Waals surface area contributed by atoms with Crippen LogP contribution in [0.3, 0.4) is 0 Å². The monoisotopic (exact) mass is 411 g/mol. The number of nitrogens with one attached hydrogen (secondary N) is 1. The molecule has 1 aromatic heterocycles. The van der Waals surface area contributed by atoms with E-state index in [-0.39, 0.29) is 0 Å². The third-order valence-corrected chi connectivity index (χ3v) is 6.12. The second kappa shape index (κ2) is 8.38. The van der Waals surface area contributed by atoms with Gasteiger partial charge in [0.15, 0.2) is 0 Å². The summed E-state index contributed by atoms with van der Waals surface area (Å²) in [6.07, 6.45) is 0.994. The molecule has 0 spiro atoms. The van der Waals surface area contributed by atoms with Crippen LogP contribution in [0.2, 0.25) is 0 Å². The van der Waals surface area contributed by atoms with Crippen molar-refractivity contribution >= 4 is 16.8 Å². The second-order valence-electron chi connectivity index (χ2n) is 8.12. The number of carbonyl (C=O) groups is 1. The lowest BCUT2D eigenvalue weighted by Crippen LogP contribution is -2.31. The third kappa shape index (κ3) is 3.85. The van der Waals surface area contributed by atoms with Crippen molar-refractivity contribution in [3.05, 3.63) is 107 Å². The second-order valence-corrected chi connectivity index (χ2v) is 8.12. The van der Waals surface area contributed by atoms with E-state index in [4.69, 9.17) is 5.21 Å². The Kier molecular flexibility index (Phi) is 5.28. The first-order valence-corrected chi connectivity index (χ1v) is 10.6. The van der Waals surface area contributed by atoms with Crippen molar-refractivity contribution in [1.82, 2.24) is 14.9 Å². The van der Waals surface area contributed by atoms with Gasteiger partial charge in [0.25, 0.3) is 5.91 Å². The largest absolute Gasteiger partial charge is 0.340 e. The van der Waals surface area contributed by atoms with Crippen LogP contribution in [-0.4, -0.2) is 27.1 Å². The maximum atomic E-state index is 11.7. The molecule has 0 aliphatic carbocycles. The van der Waals surface area contributed by atoms with Gasteiger partial charge >= 0.3 is 0 Å². The molecule has 0 bridgehead atoms. The Morgan fingerprint density at radius 1 is 0.903 bits per heavy atom. The molecule has 0 radical (unpaired) electrons. The Hall–Kier alpha value is -3.41. The number of carbonyl (C=O) groups excluding carboxylic acids is 1. The molecule has 31 heavy (non-hydrogen) atoms. The Bertz CT molecular complexity index is 1230. The summed E-state index contributed by atoms with van der Waals surface area (Å²) in [5, 5.41) is 10.2. The highest BCUT2D eigenvalue weighted by Gasteiger charge is 2.24. The number of hydroxylamine groups is 1. The topological polar surface area (TPSA) is 57.5 Å². The molecular formula is C26H25N3O2. The van der Waals surface area contributed by atoms with E-state index >= 15 is 0 Å². The molecule has 0 atom stereocenters. The molecular weight excluding hydrogens is 386 g/mol. The summed E-state index contributed by atoms with van der Waals surface area (Å²) in [5.74, 6) is -0.480. The van der Waals surface area contributed by atoms with Crippen LogP contribution in [0.1, 0.15) is 32.7 Å². The first kappa shape index (κ1) is 19.5. The van der Waals surface area contributed by atoms with Crippen LogP contribution in [0, 0.1) is 0 Å². The lowest BCUT2D eigenvalue weighted by molar-refractivity contribution is 0.0706. The van der Waals surface area contributed by atoms with Crippen LogP contribution in [0.5, 0.6) is 0 Å². The van der Waals surface area contributed by atoms with Crippen LogP contribution in [-0.2, 0) is 26.1 Å². The Labute approximate surface area is 181 Å². The molecule has 0 fully saturated rings. The van der Waals surface area contributed by atoms with Gasteiger partial charge in [-0.3, -0.25) is 14.9 Å². The van der Waals surface area contributed by atoms with Crippen LogP contribution in [0.15, 0.2) is 78.9 Å². The van der Waals surface area contributed by atoms with Crippen molar-refractivity contribution in [3.63, 3.8) is 0 Å². The van der Waals surface area contributed by atoms with Crippen molar-refractivity contribution < 1.29 is 10.0 Å². The molecule has 1 aliphatic rings. The zero-order valence-corrected chi connectivity index (χ0v) is 17.3. The summed E-state index contributed by atoms with van der Waals surface area (Å²) in [7, 11) is 0. The predicted molar refractivity (Wildman–Crippen MR) is 121 cm³/mol. The van der Waals surface area contributed by atoms with E-state index in [1.165, 1.54) is 27.7 Å². The molecule has 1 aliphatic heterocycles. The fourth-order valence-corrected chi connectivity index (χ4v) is 4.67. The molecule has 156 valence electrons. The van der Waals surface area contributed by atoms with Gasteiger partial charge in [0, 0.05) is 54.8 Å². The number of hydrogen-bond acceptors (Lipinski definition) is 3. The number of rotatable bonds is 5. The fraction of sp³-hybridized carbons (Fsp3) is 0.192. The highest BCUT2D eigenvalue weighted by atomic mass is 16.5. The molecule has 5 rings (SSSR count). The number of nitrogens with zero attached hydrogens (tertiary/aromatic N) is 2. The van der Waals surface area contributed by atoms with Crippen molar-refractivity contribution in [3.8, 4) is 0 Å². The average molecular weight is 412 g/mol. The minimum absolute atomic E-state index is 0.470. The van der Waals surface area contributed by atoms with Crippen LogP contribution in [0.4, 0.5) is 0 Å². The molecule has 1 amide bonds. The number of benzene rings is 3. The molecule has 3 aromatic carbocycles. The minimum atomic E-state index is -0.480. The highest BCUT2D eigenvalue weighted by molar-refractivity contribution is 5.93. The summed E-state index contributed by atoms with van der Waals surface area (Å²) < 4.78 is 2.48. The number of hydrogen-bond donors (Lipinski definition) is 2. The molecule has 2 heterocycles. The molecule has 5 nitrogen and oxygen atoms in total. The van der Waals surface area contributed by atoms with Gasteiger partial charge in [-0.2, -0.15) is 0 Å². The molecule has 0 unspecified atom stereocenters. The summed E-state index contributed by atoms with van der Waals surface area (Å²) in [6, 6.07) is 26.8. The summed E-state index contributed by atoms with van der Waals surface area (Å²) >= 11 is 0. The van der Waals surface area contributed by atoms with E-state index in [0.29, 0.717) is 5.56 Å². The highest BCUT2D eigenvalue weighted by Crippen LogP contribution is 2.32. The van der Waals surface area contributed by atoms with Gasteiger partial charge in [-0.1, -0.05) is 60.7 Å². The van der Waals surface area contributed by atoms with E-state index in [1.54, 1.807) is 11.5 Å². The van der Waals surface area contributed by atoms with E-state index in [2.05, 4.69) is 64.1 Å². The Morgan fingerprint density at radius 2 is 1.68 bits per heavy atom. The van der Waals surface area contributed by atoms with E-state index in [0.717, 1.165) is 38.2 Å². The number of para-hydroxylation sites is 1. The standard InChI is InChI=1S/C26H25N3O2/c30-26(27-31)21-10-6-9-20(15-21)16-28-14-13-25-23(18-28)22-11-4-5-12-24(22)29(25)17-19-7-2-1-3-8-19/h1-12,15,31H,13-14,16-18H2,(H,27,30). The average Bonchev–Trinajstić information content (AvgIpc) is 3.12. The summed E-state index contributed by atoms with van der Waals surface area (Å²) in [5.41, 5.74) is 8.68. The van der Waals surface area contributed by atoms with Gasteiger partial charge in [0.05, 0.1) is 0 Å². The first-order chi connectivity index (χ1) is 15.2. The van der Waals surface area contributed by atoms with Crippen molar-refractivity contribution in [2.75, 3.05) is 6.54 Å². The lowest BCUT2D eigenvalue weighted by Gasteiger charge is -2.28. The van der Waals surface area contributed by atoms with Crippen molar-refractivity contribution in [2.24, 2.45) is 0 Å². The number of aromatic nitrogens is 1. The summed E-state index contributed by atoms with van der Waals surface area (Å²) in [4.78, 5) is 14.2. The maximum Gasteiger partial charge on any atom is 0.274 e. The van der Waals surface area contributed by atoms with Gasteiger partial charge in [-0.15, -0.1) is 0 Å². The third-order valence-electron chi connectivity index (χ3n) is 6.12. The fourth-order valence-electron chi connectivity index (χ4n) is 4.67. The van der Waals surface area contributed by atoms with Gasteiger partial charge < -0.3 is 4.57 Å². The minimum Gasteiger partial charge on any atom is -0.340 e. The van der Waals surface area contributed by atoms with Crippen LogP contribution < -0.4 is 5.48 Å². The van der Waals surface area contributed by atoms with Crippen LogP contribution in [0.25, 0.3) is 10.9 Å². The van der Waals surface area contributed by atoms with E-state index < -0.39 is 5.91 Å². The van der Waals surface area contributed by atoms with E-state index in [1.807, 2.05) is 18.2 Å².